The molecule has 2 saturated heterocycles. The number of nitrogens with one attached hydrogen (secondary N) is 1. The van der Waals surface area contributed by atoms with Crippen molar-refractivity contribution in [2.24, 2.45) is 0 Å². The molecule has 5 heteroatoms. The summed E-state index contributed by atoms with van der Waals surface area (Å²) in [6.45, 7) is 7.25. The van der Waals surface area contributed by atoms with E-state index in [0.717, 1.165) is 19.4 Å². The standard InChI is InChI=1S/C13H24N2O3/c1-12(2,3)18-11(16)15-8-13(17,9-15)10-6-4-5-7-14-10/h10,14,17H,4-9H2,1-3H3. The van der Waals surface area contributed by atoms with Crippen molar-refractivity contribution < 1.29 is 14.6 Å². The Labute approximate surface area is 108 Å². The van der Waals surface area contributed by atoms with Crippen molar-refractivity contribution >= 4 is 6.09 Å². The molecular weight excluding hydrogens is 232 g/mol. The first-order valence-electron chi connectivity index (χ1n) is 6.74. The number of β-amino-alcohol motifs (C(OH)–C–C–N with tert-alkyl or cyclic N) is 1. The third kappa shape index (κ3) is 2.95. The molecule has 1 atom stereocenters. The van der Waals surface area contributed by atoms with E-state index in [1.165, 1.54) is 6.42 Å². The number of amides is 1. The second kappa shape index (κ2) is 4.70. The summed E-state index contributed by atoms with van der Waals surface area (Å²) in [5, 5.41) is 13.8. The molecule has 0 aliphatic carbocycles. The summed E-state index contributed by atoms with van der Waals surface area (Å²) >= 11 is 0. The van der Waals surface area contributed by atoms with Gasteiger partial charge < -0.3 is 20.1 Å². The number of carbonyl (C=O) groups excluding carboxylic acids is 1. The number of likely N-dealkylation sites (tertiary alicyclic amines) is 1. The predicted molar refractivity (Wildman–Crippen MR) is 68.4 cm³/mol. The fraction of sp³-hybridized carbons (Fsp3) is 0.923. The van der Waals surface area contributed by atoms with Crippen LogP contribution in [0.15, 0.2) is 0 Å². The SMILES string of the molecule is CC(C)(C)OC(=O)N1CC(O)(C2CCCCN2)C1. The zero-order valence-electron chi connectivity index (χ0n) is 11.5. The summed E-state index contributed by atoms with van der Waals surface area (Å²) in [5.74, 6) is 0. The number of ether oxygens (including phenoxy) is 1. The molecule has 0 saturated carbocycles. The summed E-state index contributed by atoms with van der Waals surface area (Å²) in [6, 6.07) is 0.116. The number of carbonyl (C=O) groups is 1. The Morgan fingerprint density at radius 3 is 2.56 bits per heavy atom. The van der Waals surface area contributed by atoms with Gasteiger partial charge in [-0.05, 0) is 40.2 Å². The molecule has 5 nitrogen and oxygen atoms in total. The number of rotatable bonds is 1. The Balaban J connectivity index is 1.83. The van der Waals surface area contributed by atoms with Crippen LogP contribution in [-0.4, -0.2) is 53.0 Å². The van der Waals surface area contributed by atoms with Crippen molar-refractivity contribution in [1.82, 2.24) is 10.2 Å². The van der Waals surface area contributed by atoms with Gasteiger partial charge in [-0.1, -0.05) is 6.42 Å². The second-order valence-electron chi connectivity index (χ2n) is 6.44. The van der Waals surface area contributed by atoms with Crippen LogP contribution in [0.4, 0.5) is 4.79 Å². The normalized spacial score (nSPS) is 27.6. The maximum Gasteiger partial charge on any atom is 0.410 e. The van der Waals surface area contributed by atoms with Gasteiger partial charge in [-0.15, -0.1) is 0 Å². The third-order valence-corrected chi connectivity index (χ3v) is 3.54. The molecule has 1 amide bonds. The second-order valence-corrected chi connectivity index (χ2v) is 6.44. The smallest absolute Gasteiger partial charge is 0.410 e. The fourth-order valence-electron chi connectivity index (χ4n) is 2.60. The zero-order valence-corrected chi connectivity index (χ0v) is 11.5. The molecule has 104 valence electrons. The molecule has 18 heavy (non-hydrogen) atoms. The highest BCUT2D eigenvalue weighted by Crippen LogP contribution is 2.30. The summed E-state index contributed by atoms with van der Waals surface area (Å²) in [5.41, 5.74) is -1.24. The summed E-state index contributed by atoms with van der Waals surface area (Å²) in [4.78, 5) is 13.4. The van der Waals surface area contributed by atoms with Crippen LogP contribution < -0.4 is 5.32 Å². The van der Waals surface area contributed by atoms with Crippen LogP contribution >= 0.6 is 0 Å². The average molecular weight is 256 g/mol. The molecule has 2 fully saturated rings. The van der Waals surface area contributed by atoms with E-state index in [9.17, 15) is 9.90 Å². The highest BCUT2D eigenvalue weighted by Gasteiger charge is 2.50. The molecule has 0 aromatic rings. The first kappa shape index (κ1) is 13.6. The van der Waals surface area contributed by atoms with Crippen molar-refractivity contribution in [2.45, 2.75) is 57.3 Å². The third-order valence-electron chi connectivity index (χ3n) is 3.54. The Morgan fingerprint density at radius 2 is 2.06 bits per heavy atom. The lowest BCUT2D eigenvalue weighted by Gasteiger charge is -2.51. The van der Waals surface area contributed by atoms with Crippen LogP contribution in [0.5, 0.6) is 0 Å². The van der Waals surface area contributed by atoms with Crippen molar-refractivity contribution in [1.29, 1.82) is 0 Å². The van der Waals surface area contributed by atoms with Crippen LogP contribution in [0.1, 0.15) is 40.0 Å². The molecule has 2 N–H and O–H groups in total. The van der Waals surface area contributed by atoms with Gasteiger partial charge in [0.25, 0.3) is 0 Å². The zero-order chi connectivity index (χ0) is 13.4. The molecule has 2 heterocycles. The van der Waals surface area contributed by atoms with Crippen LogP contribution in [0.25, 0.3) is 0 Å². The Hall–Kier alpha value is -0.810. The number of nitrogens with zero attached hydrogens (tertiary/aromatic N) is 1. The van der Waals surface area contributed by atoms with Gasteiger partial charge in [0.1, 0.15) is 11.2 Å². The molecule has 2 aliphatic heterocycles. The van der Waals surface area contributed by atoms with Gasteiger partial charge in [0.05, 0.1) is 13.1 Å². The summed E-state index contributed by atoms with van der Waals surface area (Å²) in [7, 11) is 0. The molecule has 0 radical (unpaired) electrons. The number of hydrogen-bond donors (Lipinski definition) is 2. The number of hydrogen-bond acceptors (Lipinski definition) is 4. The Bertz CT molecular complexity index is 313. The molecular formula is C13H24N2O3. The summed E-state index contributed by atoms with van der Waals surface area (Å²) < 4.78 is 5.28. The minimum Gasteiger partial charge on any atom is -0.444 e. The Kier molecular flexibility index (Phi) is 3.56. The van der Waals surface area contributed by atoms with E-state index in [2.05, 4.69) is 5.32 Å². The van der Waals surface area contributed by atoms with E-state index in [1.54, 1.807) is 4.90 Å². The maximum absolute atomic E-state index is 11.8. The van der Waals surface area contributed by atoms with Gasteiger partial charge in [0, 0.05) is 6.04 Å². The van der Waals surface area contributed by atoms with Crippen molar-refractivity contribution in [2.75, 3.05) is 19.6 Å². The highest BCUT2D eigenvalue weighted by molar-refractivity contribution is 5.69. The van der Waals surface area contributed by atoms with Crippen molar-refractivity contribution in [3.05, 3.63) is 0 Å². The molecule has 2 aliphatic rings. The molecule has 0 bridgehead atoms. The molecule has 1 unspecified atom stereocenters. The average Bonchev–Trinajstić information content (AvgIpc) is 2.23. The molecule has 0 spiro atoms. The van der Waals surface area contributed by atoms with E-state index in [-0.39, 0.29) is 12.1 Å². The number of piperidine rings is 1. The lowest BCUT2D eigenvalue weighted by Crippen LogP contribution is -2.72. The van der Waals surface area contributed by atoms with E-state index in [1.807, 2.05) is 20.8 Å². The van der Waals surface area contributed by atoms with Crippen LogP contribution in [-0.2, 0) is 4.74 Å². The van der Waals surface area contributed by atoms with Crippen molar-refractivity contribution in [3.8, 4) is 0 Å². The molecule has 0 aromatic heterocycles. The molecule has 2 rings (SSSR count). The quantitative estimate of drug-likeness (QED) is 0.738. The van der Waals surface area contributed by atoms with E-state index >= 15 is 0 Å². The largest absolute Gasteiger partial charge is 0.444 e. The summed E-state index contributed by atoms with van der Waals surface area (Å²) in [6.07, 6.45) is 2.97. The minimum absolute atomic E-state index is 0.116. The number of aliphatic hydroxyl groups is 1. The highest BCUT2D eigenvalue weighted by atomic mass is 16.6. The van der Waals surface area contributed by atoms with Gasteiger partial charge >= 0.3 is 6.09 Å². The van der Waals surface area contributed by atoms with Gasteiger partial charge in [-0.25, -0.2) is 4.79 Å². The lowest BCUT2D eigenvalue weighted by atomic mass is 9.82. The maximum atomic E-state index is 11.8. The van der Waals surface area contributed by atoms with Gasteiger partial charge in [0.2, 0.25) is 0 Å². The van der Waals surface area contributed by atoms with Crippen LogP contribution in [0, 0.1) is 0 Å². The molecule has 0 aromatic carbocycles. The van der Waals surface area contributed by atoms with Crippen molar-refractivity contribution in [3.63, 3.8) is 0 Å². The van der Waals surface area contributed by atoms with Gasteiger partial charge in [0.15, 0.2) is 0 Å². The van der Waals surface area contributed by atoms with Crippen LogP contribution in [0.3, 0.4) is 0 Å². The predicted octanol–water partition coefficient (Wildman–Crippen LogP) is 1.11. The van der Waals surface area contributed by atoms with E-state index in [4.69, 9.17) is 4.74 Å². The fourth-order valence-corrected chi connectivity index (χ4v) is 2.60. The van der Waals surface area contributed by atoms with Gasteiger partial charge in [-0.3, -0.25) is 0 Å². The first-order chi connectivity index (χ1) is 8.30. The van der Waals surface area contributed by atoms with E-state index in [0.29, 0.717) is 13.1 Å². The van der Waals surface area contributed by atoms with Gasteiger partial charge in [-0.2, -0.15) is 0 Å². The lowest BCUT2D eigenvalue weighted by molar-refractivity contribution is -0.121. The monoisotopic (exact) mass is 256 g/mol. The Morgan fingerprint density at radius 1 is 1.39 bits per heavy atom. The van der Waals surface area contributed by atoms with E-state index < -0.39 is 11.2 Å². The topological polar surface area (TPSA) is 61.8 Å². The first-order valence-corrected chi connectivity index (χ1v) is 6.74. The van der Waals surface area contributed by atoms with Crippen LogP contribution in [0.2, 0.25) is 0 Å². The minimum atomic E-state index is -0.767.